The van der Waals surface area contributed by atoms with Crippen molar-refractivity contribution in [3.05, 3.63) is 224 Å². The fourth-order valence-corrected chi connectivity index (χ4v) is 8.35. The molecule has 0 fully saturated rings. The third-order valence-electron chi connectivity index (χ3n) is 10.7. The van der Waals surface area contributed by atoms with Crippen LogP contribution in [-0.4, -0.2) is 15.5 Å². The van der Waals surface area contributed by atoms with E-state index in [1.807, 2.05) is 30.3 Å². The maximum absolute atomic E-state index is 3.25. The Labute approximate surface area is 370 Å². The molecule has 2 radical (unpaired) electrons. The Morgan fingerprint density at radius 2 is 0.780 bits per heavy atom. The van der Waals surface area contributed by atoms with E-state index in [4.69, 9.17) is 0 Å². The zero-order valence-corrected chi connectivity index (χ0v) is 37.2. The molecule has 59 heavy (non-hydrogen) atoms. The molecule has 0 aromatic heterocycles. The van der Waals surface area contributed by atoms with Gasteiger partial charge in [0.25, 0.3) is 0 Å². The van der Waals surface area contributed by atoms with Crippen molar-refractivity contribution in [3.63, 3.8) is 0 Å². The zero-order valence-electron chi connectivity index (χ0n) is 33.8. The number of benzene rings is 9. The van der Waals surface area contributed by atoms with Gasteiger partial charge in [-0.15, -0.1) is 81.2 Å². The van der Waals surface area contributed by atoms with Crippen LogP contribution in [0.15, 0.2) is 200 Å². The molecule has 0 amide bonds. The van der Waals surface area contributed by atoms with Gasteiger partial charge < -0.3 is 6.92 Å². The maximum atomic E-state index is 3.25. The first-order chi connectivity index (χ1) is 28.5. The summed E-state index contributed by atoms with van der Waals surface area (Å²) in [6.07, 6.45) is 0. The zero-order chi connectivity index (χ0) is 40.0. The first-order valence-corrected chi connectivity index (χ1v) is 20.4. The largest absolute Gasteiger partial charge is 4.00 e. The number of hydrogen-bond donors (Lipinski definition) is 0. The van der Waals surface area contributed by atoms with Gasteiger partial charge in [-0.1, -0.05) is 172 Å². The van der Waals surface area contributed by atoms with Crippen LogP contribution in [-0.2, 0) is 26.2 Å². The smallest absolute Gasteiger partial charge is 0.346 e. The van der Waals surface area contributed by atoms with Crippen LogP contribution in [0.3, 0.4) is 0 Å². The molecular formula is C57H44SiZr. The second kappa shape index (κ2) is 18.9. The number of rotatable bonds is 3. The van der Waals surface area contributed by atoms with Gasteiger partial charge in [-0.05, 0) is 56.9 Å². The van der Waals surface area contributed by atoms with E-state index in [0.29, 0.717) is 0 Å². The Morgan fingerprint density at radius 3 is 1.19 bits per heavy atom. The summed E-state index contributed by atoms with van der Waals surface area (Å²) in [7, 11) is 3.15. The van der Waals surface area contributed by atoms with Crippen molar-refractivity contribution in [1.82, 2.24) is 0 Å². The molecule has 0 N–H and O–H groups in total. The summed E-state index contributed by atoms with van der Waals surface area (Å²) in [6.45, 7) is 9.36. The van der Waals surface area contributed by atoms with Gasteiger partial charge in [0.15, 0.2) is 0 Å². The molecule has 0 aliphatic carbocycles. The molecule has 0 aliphatic rings. The Balaban J connectivity index is 0.000000144. The summed E-state index contributed by atoms with van der Waals surface area (Å²) >= 11 is 0. The Kier molecular flexibility index (Phi) is 13.2. The normalized spacial score (nSPS) is 10.6. The van der Waals surface area contributed by atoms with Crippen molar-refractivity contribution in [1.29, 1.82) is 0 Å². The van der Waals surface area contributed by atoms with Crippen LogP contribution in [0.4, 0.5) is 0 Å². The minimum absolute atomic E-state index is 0. The topological polar surface area (TPSA) is 0 Å². The number of fused-ring (bicyclic) bond motifs is 8. The molecule has 0 heterocycles. The third kappa shape index (κ3) is 8.81. The van der Waals surface area contributed by atoms with E-state index < -0.39 is 0 Å². The van der Waals surface area contributed by atoms with Crippen LogP contribution in [0.2, 0.25) is 0 Å². The van der Waals surface area contributed by atoms with E-state index in [9.17, 15) is 0 Å². The fourth-order valence-electron chi connectivity index (χ4n) is 8.18. The standard InChI is InChI=1S/2C24H17.C7H5Si.C2H5.Zr/c2*1-16-12-20-11-10-17-6-4-5-9-22(17)24(20)23(13-16)21-14-18-7-2-3-8-19(18)15-21;8-6-7-4-2-1-3-5-7;1-2;/h2*2-15H,1H3;1-5H;1H2,2H3;/q4*-1;+4. The summed E-state index contributed by atoms with van der Waals surface area (Å²) in [6, 6.07) is 71.8. The van der Waals surface area contributed by atoms with E-state index in [1.54, 1.807) is 6.92 Å². The van der Waals surface area contributed by atoms with E-state index in [1.165, 1.54) is 98.0 Å². The molecule has 0 aliphatic heterocycles. The van der Waals surface area contributed by atoms with Crippen LogP contribution in [0.5, 0.6) is 0 Å². The first kappa shape index (κ1) is 41.4. The summed E-state index contributed by atoms with van der Waals surface area (Å²) in [5, 5.41) is 15.8. The van der Waals surface area contributed by atoms with Gasteiger partial charge in [0.05, 0.1) is 0 Å². The molecule has 2 heteroatoms. The minimum Gasteiger partial charge on any atom is -0.346 e. The summed E-state index contributed by atoms with van der Waals surface area (Å²) in [5.74, 6) is 0. The molecule has 0 unspecified atom stereocenters. The van der Waals surface area contributed by atoms with Crippen molar-refractivity contribution >= 4 is 80.2 Å². The van der Waals surface area contributed by atoms with Crippen molar-refractivity contribution < 1.29 is 26.2 Å². The van der Waals surface area contributed by atoms with Crippen LogP contribution in [0, 0.1) is 20.8 Å². The van der Waals surface area contributed by atoms with Crippen molar-refractivity contribution in [2.24, 2.45) is 0 Å². The second-order valence-electron chi connectivity index (χ2n) is 14.6. The molecule has 0 nitrogen and oxygen atoms in total. The van der Waals surface area contributed by atoms with E-state index >= 15 is 0 Å². The quantitative estimate of drug-likeness (QED) is 0.0944. The predicted octanol–water partition coefficient (Wildman–Crippen LogP) is 15.4. The van der Waals surface area contributed by atoms with Gasteiger partial charge in [-0.2, -0.15) is 30.3 Å². The number of hydrogen-bond acceptors (Lipinski definition) is 0. The molecule has 0 saturated carbocycles. The predicted molar refractivity (Wildman–Crippen MR) is 257 cm³/mol. The molecule has 0 atom stereocenters. The first-order valence-electron chi connectivity index (χ1n) is 19.9. The Bertz CT molecular complexity index is 2920. The summed E-state index contributed by atoms with van der Waals surface area (Å²) in [5.41, 5.74) is 11.8. The molecule has 0 bridgehead atoms. The third-order valence-corrected chi connectivity index (χ3v) is 11.0. The van der Waals surface area contributed by atoms with Gasteiger partial charge in [0, 0.05) is 0 Å². The van der Waals surface area contributed by atoms with Gasteiger partial charge in [0.2, 0.25) is 0 Å². The van der Waals surface area contributed by atoms with Crippen LogP contribution in [0.1, 0.15) is 23.6 Å². The monoisotopic (exact) mass is 846 g/mol. The van der Waals surface area contributed by atoms with Crippen molar-refractivity contribution in [2.45, 2.75) is 20.8 Å². The molecule has 280 valence electrons. The molecule has 11 aromatic rings. The van der Waals surface area contributed by atoms with Gasteiger partial charge in [-0.3, -0.25) is 0 Å². The average molecular weight is 848 g/mol. The Hall–Kier alpha value is -5.79. The average Bonchev–Trinajstić information content (AvgIpc) is 3.92. The van der Waals surface area contributed by atoms with Crippen molar-refractivity contribution in [2.75, 3.05) is 0 Å². The molecular weight excluding hydrogens is 804 g/mol. The molecule has 11 rings (SSSR count). The van der Waals surface area contributed by atoms with E-state index in [2.05, 4.69) is 206 Å². The van der Waals surface area contributed by atoms with E-state index in [0.717, 1.165) is 5.56 Å². The van der Waals surface area contributed by atoms with Crippen molar-refractivity contribution in [3.8, 4) is 22.3 Å². The second-order valence-corrected chi connectivity index (χ2v) is 14.9. The van der Waals surface area contributed by atoms with E-state index in [-0.39, 0.29) is 26.2 Å². The fraction of sp³-hybridized carbons (Fsp3) is 0.0526. The number of aryl methyl sites for hydroxylation is 2. The molecule has 0 spiro atoms. The molecule has 0 saturated heterocycles. The minimum atomic E-state index is 0. The van der Waals surface area contributed by atoms with Crippen LogP contribution < -0.4 is 0 Å². The van der Waals surface area contributed by atoms with Gasteiger partial charge in [-0.25, -0.2) is 0 Å². The summed E-state index contributed by atoms with van der Waals surface area (Å²) in [4.78, 5) is 0. The molecule has 11 aromatic carbocycles. The summed E-state index contributed by atoms with van der Waals surface area (Å²) < 4.78 is 0. The SMILES string of the molecule is Cc1cc(-c2cc3ccccc3[cH-]2)c2c(ccc3ccccc32)c1.Cc1cc(-c2cc3ccccc3[cH-]2)c2c(ccc3ccccc32)c1.[CH2-]C.[Si]=[C-]c1ccccc1.[Zr+4]. The van der Waals surface area contributed by atoms with Gasteiger partial charge >= 0.3 is 26.2 Å². The Morgan fingerprint density at radius 1 is 0.407 bits per heavy atom. The van der Waals surface area contributed by atoms with Crippen LogP contribution >= 0.6 is 0 Å². The van der Waals surface area contributed by atoms with Crippen LogP contribution in [0.25, 0.3) is 86.9 Å². The maximum Gasteiger partial charge on any atom is 4.00 e. The van der Waals surface area contributed by atoms with Gasteiger partial charge in [0.1, 0.15) is 0 Å².